The predicted molar refractivity (Wildman–Crippen MR) is 89.2 cm³/mol. The molecule has 2 rings (SSSR count). The van der Waals surface area contributed by atoms with Gasteiger partial charge < -0.3 is 20.3 Å². The van der Waals surface area contributed by atoms with Crippen molar-refractivity contribution < 1.29 is 23.1 Å². The lowest BCUT2D eigenvalue weighted by Gasteiger charge is -2.31. The van der Waals surface area contributed by atoms with Crippen LogP contribution in [0.3, 0.4) is 0 Å². The number of hydrogen-bond donors (Lipinski definition) is 2. The van der Waals surface area contributed by atoms with Crippen molar-refractivity contribution in [3.05, 3.63) is 29.8 Å². The molecular formula is C17H23F2N3O3. The zero-order valence-corrected chi connectivity index (χ0v) is 14.2. The predicted octanol–water partition coefficient (Wildman–Crippen LogP) is 2.50. The van der Waals surface area contributed by atoms with E-state index in [1.807, 2.05) is 0 Å². The summed E-state index contributed by atoms with van der Waals surface area (Å²) in [6.45, 7) is 3.72. The van der Waals surface area contributed by atoms with Crippen LogP contribution < -0.4 is 10.6 Å². The third kappa shape index (κ3) is 5.67. The number of rotatable bonds is 6. The second-order valence-corrected chi connectivity index (χ2v) is 5.81. The maximum absolute atomic E-state index is 13.5. The average molecular weight is 355 g/mol. The minimum absolute atomic E-state index is 0.103. The summed E-state index contributed by atoms with van der Waals surface area (Å²) in [7, 11) is 0. The maximum Gasteiger partial charge on any atom is 0.409 e. The van der Waals surface area contributed by atoms with Gasteiger partial charge in [0.15, 0.2) is 0 Å². The van der Waals surface area contributed by atoms with Gasteiger partial charge in [-0.15, -0.1) is 0 Å². The minimum Gasteiger partial charge on any atom is -0.450 e. The molecular weight excluding hydrogens is 332 g/mol. The molecule has 138 valence electrons. The van der Waals surface area contributed by atoms with Gasteiger partial charge in [-0.3, -0.25) is 4.79 Å². The molecule has 1 aromatic rings. The van der Waals surface area contributed by atoms with E-state index < -0.39 is 23.2 Å². The summed E-state index contributed by atoms with van der Waals surface area (Å²) in [5, 5.41) is 5.49. The molecule has 1 aliphatic heterocycles. The molecule has 0 aromatic heterocycles. The number of nitrogens with zero attached hydrogens (tertiary/aromatic N) is 1. The van der Waals surface area contributed by atoms with Crippen LogP contribution in [0.1, 0.15) is 26.2 Å². The van der Waals surface area contributed by atoms with Crippen LogP contribution in [-0.4, -0.2) is 49.2 Å². The van der Waals surface area contributed by atoms with Crippen molar-refractivity contribution in [3.63, 3.8) is 0 Å². The van der Waals surface area contributed by atoms with E-state index in [0.717, 1.165) is 25.0 Å². The monoisotopic (exact) mass is 355 g/mol. The van der Waals surface area contributed by atoms with Gasteiger partial charge in [0.1, 0.15) is 17.3 Å². The van der Waals surface area contributed by atoms with Gasteiger partial charge in [0.25, 0.3) is 0 Å². The van der Waals surface area contributed by atoms with Gasteiger partial charge in [-0.05, 0) is 31.9 Å². The van der Waals surface area contributed by atoms with Crippen LogP contribution in [0.15, 0.2) is 18.2 Å². The highest BCUT2D eigenvalue weighted by atomic mass is 19.1. The number of halogens is 2. The first-order valence-electron chi connectivity index (χ1n) is 8.40. The molecule has 0 bridgehead atoms. The Morgan fingerprint density at radius 2 is 1.88 bits per heavy atom. The Morgan fingerprint density at radius 1 is 1.24 bits per heavy atom. The third-order valence-electron chi connectivity index (χ3n) is 4.03. The van der Waals surface area contributed by atoms with Gasteiger partial charge in [0.2, 0.25) is 5.91 Å². The van der Waals surface area contributed by atoms with Crippen molar-refractivity contribution >= 4 is 17.7 Å². The van der Waals surface area contributed by atoms with E-state index in [-0.39, 0.29) is 18.6 Å². The molecule has 0 aliphatic carbocycles. The number of piperidine rings is 1. The number of carbonyl (C=O) groups is 2. The summed E-state index contributed by atoms with van der Waals surface area (Å²) < 4.78 is 31.9. The zero-order chi connectivity index (χ0) is 18.2. The smallest absolute Gasteiger partial charge is 0.409 e. The fourth-order valence-electron chi connectivity index (χ4n) is 2.69. The van der Waals surface area contributed by atoms with E-state index in [2.05, 4.69) is 10.6 Å². The quantitative estimate of drug-likeness (QED) is 0.823. The van der Waals surface area contributed by atoms with Crippen LogP contribution in [0.5, 0.6) is 0 Å². The Labute approximate surface area is 145 Å². The van der Waals surface area contributed by atoms with Gasteiger partial charge in [-0.2, -0.15) is 0 Å². The third-order valence-corrected chi connectivity index (χ3v) is 4.03. The molecule has 0 radical (unpaired) electrons. The van der Waals surface area contributed by atoms with E-state index in [4.69, 9.17) is 4.74 Å². The standard InChI is InChI=1S/C17H23F2N3O3/c1-2-25-17(24)22-10-7-12(8-11-22)20-9-6-15(23)21-16-13(18)4-3-5-14(16)19/h3-5,12,20H,2,6-11H2,1H3,(H,21,23). The van der Waals surface area contributed by atoms with E-state index in [9.17, 15) is 18.4 Å². The molecule has 0 atom stereocenters. The van der Waals surface area contributed by atoms with Gasteiger partial charge in [0, 0.05) is 32.1 Å². The maximum atomic E-state index is 13.5. The summed E-state index contributed by atoms with van der Waals surface area (Å²) in [5.74, 6) is -2.05. The first-order valence-corrected chi connectivity index (χ1v) is 8.40. The number of para-hydroxylation sites is 1. The molecule has 1 aliphatic rings. The van der Waals surface area contributed by atoms with Crippen molar-refractivity contribution in [3.8, 4) is 0 Å². The lowest BCUT2D eigenvalue weighted by atomic mass is 10.1. The summed E-state index contributed by atoms with van der Waals surface area (Å²) in [4.78, 5) is 25.1. The van der Waals surface area contributed by atoms with E-state index in [1.165, 1.54) is 6.07 Å². The van der Waals surface area contributed by atoms with E-state index in [0.29, 0.717) is 26.2 Å². The van der Waals surface area contributed by atoms with Crippen LogP contribution >= 0.6 is 0 Å². The molecule has 2 amide bonds. The second kappa shape index (κ2) is 9.31. The van der Waals surface area contributed by atoms with Crippen LogP contribution in [0.4, 0.5) is 19.3 Å². The Hall–Kier alpha value is -2.22. The summed E-state index contributed by atoms with van der Waals surface area (Å²) in [6.07, 6.45) is 1.34. The number of benzene rings is 1. The van der Waals surface area contributed by atoms with Crippen LogP contribution in [0, 0.1) is 11.6 Å². The summed E-state index contributed by atoms with van der Waals surface area (Å²) in [6, 6.07) is 3.62. The van der Waals surface area contributed by atoms with E-state index >= 15 is 0 Å². The Bertz CT molecular complexity index is 585. The SMILES string of the molecule is CCOC(=O)N1CCC(NCCC(=O)Nc2c(F)cccc2F)CC1. The molecule has 25 heavy (non-hydrogen) atoms. The zero-order valence-electron chi connectivity index (χ0n) is 14.2. The van der Waals surface area contributed by atoms with Crippen LogP contribution in [0.2, 0.25) is 0 Å². The average Bonchev–Trinajstić information content (AvgIpc) is 2.59. The van der Waals surface area contributed by atoms with Crippen molar-refractivity contribution in [1.29, 1.82) is 0 Å². The van der Waals surface area contributed by atoms with Crippen molar-refractivity contribution in [2.24, 2.45) is 0 Å². The van der Waals surface area contributed by atoms with Crippen molar-refractivity contribution in [1.82, 2.24) is 10.2 Å². The highest BCUT2D eigenvalue weighted by Gasteiger charge is 2.23. The number of amides is 2. The molecule has 2 N–H and O–H groups in total. The number of ether oxygens (including phenoxy) is 1. The molecule has 1 aromatic carbocycles. The Balaban J connectivity index is 1.68. The molecule has 0 unspecified atom stereocenters. The molecule has 0 saturated carbocycles. The fourth-order valence-corrected chi connectivity index (χ4v) is 2.69. The first-order chi connectivity index (χ1) is 12.0. The molecule has 1 heterocycles. The topological polar surface area (TPSA) is 70.7 Å². The first kappa shape index (κ1) is 19.1. The second-order valence-electron chi connectivity index (χ2n) is 5.81. The molecule has 0 spiro atoms. The van der Waals surface area contributed by atoms with E-state index in [1.54, 1.807) is 11.8 Å². The lowest BCUT2D eigenvalue weighted by molar-refractivity contribution is -0.116. The molecule has 1 saturated heterocycles. The van der Waals surface area contributed by atoms with Gasteiger partial charge in [-0.25, -0.2) is 13.6 Å². The largest absolute Gasteiger partial charge is 0.450 e. The number of hydrogen-bond acceptors (Lipinski definition) is 4. The number of carbonyl (C=O) groups excluding carboxylic acids is 2. The molecule has 6 nitrogen and oxygen atoms in total. The van der Waals surface area contributed by atoms with Gasteiger partial charge in [0.05, 0.1) is 6.61 Å². The highest BCUT2D eigenvalue weighted by Crippen LogP contribution is 2.18. The van der Waals surface area contributed by atoms with Crippen molar-refractivity contribution in [2.45, 2.75) is 32.2 Å². The molecule has 8 heteroatoms. The summed E-state index contributed by atoms with van der Waals surface area (Å²) >= 11 is 0. The lowest BCUT2D eigenvalue weighted by Crippen LogP contribution is -2.45. The van der Waals surface area contributed by atoms with Gasteiger partial charge >= 0.3 is 6.09 Å². The minimum atomic E-state index is -0.798. The Kier molecular flexibility index (Phi) is 7.12. The van der Waals surface area contributed by atoms with Gasteiger partial charge in [-0.1, -0.05) is 6.07 Å². The number of likely N-dealkylation sites (tertiary alicyclic amines) is 1. The molecule has 1 fully saturated rings. The van der Waals surface area contributed by atoms with Crippen LogP contribution in [0.25, 0.3) is 0 Å². The summed E-state index contributed by atoms with van der Waals surface area (Å²) in [5.41, 5.74) is -0.421. The normalized spacial score (nSPS) is 15.1. The van der Waals surface area contributed by atoms with Crippen molar-refractivity contribution in [2.75, 3.05) is 31.6 Å². The fraction of sp³-hybridized carbons (Fsp3) is 0.529. The number of nitrogens with one attached hydrogen (secondary N) is 2. The van der Waals surface area contributed by atoms with Crippen LogP contribution in [-0.2, 0) is 9.53 Å². The Morgan fingerprint density at radius 3 is 2.48 bits per heavy atom. The highest BCUT2D eigenvalue weighted by molar-refractivity contribution is 5.91. The number of anilines is 1.